The van der Waals surface area contributed by atoms with E-state index in [2.05, 4.69) is 4.72 Å². The van der Waals surface area contributed by atoms with Gasteiger partial charge in [0.25, 0.3) is 0 Å². The Hall–Kier alpha value is -1.21. The van der Waals surface area contributed by atoms with Gasteiger partial charge in [-0.1, -0.05) is 0 Å². The van der Waals surface area contributed by atoms with Crippen LogP contribution >= 0.6 is 0 Å². The molecule has 0 amide bonds. The standard InChI is InChI=1S/C11H14F2N2O2S/c12-8-3-4-9(10(13)11(8)14)15-18(16)6-7-2-1-5-17-7/h3-4,7,15H,1-2,5-6,14H2. The molecule has 4 nitrogen and oxygen atoms in total. The van der Waals surface area contributed by atoms with Crippen molar-refractivity contribution in [3.8, 4) is 0 Å². The lowest BCUT2D eigenvalue weighted by atomic mass is 10.2. The van der Waals surface area contributed by atoms with Crippen LogP contribution in [0.4, 0.5) is 20.2 Å². The number of anilines is 2. The third-order valence-electron chi connectivity index (χ3n) is 2.71. The first-order chi connectivity index (χ1) is 8.58. The van der Waals surface area contributed by atoms with Crippen LogP contribution in [-0.4, -0.2) is 22.7 Å². The minimum atomic E-state index is -1.48. The molecule has 100 valence electrons. The molecule has 2 atom stereocenters. The second-order valence-electron chi connectivity index (χ2n) is 4.07. The van der Waals surface area contributed by atoms with Gasteiger partial charge in [0.15, 0.2) is 5.82 Å². The molecule has 3 N–H and O–H groups in total. The van der Waals surface area contributed by atoms with Crippen molar-refractivity contribution in [3.05, 3.63) is 23.8 Å². The van der Waals surface area contributed by atoms with Crippen LogP contribution in [0.1, 0.15) is 12.8 Å². The van der Waals surface area contributed by atoms with Crippen molar-refractivity contribution in [2.45, 2.75) is 18.9 Å². The summed E-state index contributed by atoms with van der Waals surface area (Å²) in [7, 11) is -1.48. The van der Waals surface area contributed by atoms with Gasteiger partial charge in [-0.25, -0.2) is 13.0 Å². The molecule has 2 unspecified atom stereocenters. The number of nitrogens with two attached hydrogens (primary N) is 1. The first kappa shape index (κ1) is 13.2. The van der Waals surface area contributed by atoms with Crippen molar-refractivity contribution in [2.75, 3.05) is 22.8 Å². The van der Waals surface area contributed by atoms with Crippen LogP contribution in [0.25, 0.3) is 0 Å². The number of hydrogen-bond acceptors (Lipinski definition) is 3. The predicted octanol–water partition coefficient (Wildman–Crippen LogP) is 1.80. The van der Waals surface area contributed by atoms with Gasteiger partial charge in [-0.05, 0) is 25.0 Å². The summed E-state index contributed by atoms with van der Waals surface area (Å²) in [6.07, 6.45) is 1.72. The van der Waals surface area contributed by atoms with Gasteiger partial charge in [0, 0.05) is 6.61 Å². The highest BCUT2D eigenvalue weighted by molar-refractivity contribution is 7.86. The average molecular weight is 276 g/mol. The van der Waals surface area contributed by atoms with E-state index in [-0.39, 0.29) is 17.5 Å². The molecule has 0 aliphatic carbocycles. The van der Waals surface area contributed by atoms with Crippen molar-refractivity contribution < 1.29 is 17.7 Å². The number of hydrogen-bond donors (Lipinski definition) is 2. The van der Waals surface area contributed by atoms with Crippen LogP contribution in [0.5, 0.6) is 0 Å². The molecule has 0 bridgehead atoms. The van der Waals surface area contributed by atoms with Crippen LogP contribution in [0, 0.1) is 11.6 Å². The summed E-state index contributed by atoms with van der Waals surface area (Å²) < 4.78 is 46.0. The van der Waals surface area contributed by atoms with E-state index in [4.69, 9.17) is 10.5 Å². The molecular formula is C11H14F2N2O2S. The predicted molar refractivity (Wildman–Crippen MR) is 66.4 cm³/mol. The normalized spacial score (nSPS) is 20.9. The van der Waals surface area contributed by atoms with Gasteiger partial charge < -0.3 is 15.2 Å². The maximum atomic E-state index is 13.5. The first-order valence-corrected chi connectivity index (χ1v) is 6.90. The zero-order chi connectivity index (χ0) is 13.1. The molecule has 0 radical (unpaired) electrons. The number of nitrogens with one attached hydrogen (secondary N) is 1. The monoisotopic (exact) mass is 276 g/mol. The lowest BCUT2D eigenvalue weighted by Crippen LogP contribution is -2.20. The van der Waals surface area contributed by atoms with Crippen molar-refractivity contribution in [3.63, 3.8) is 0 Å². The Balaban J connectivity index is 2.00. The molecule has 1 aliphatic heterocycles. The Bertz CT molecular complexity index is 465. The molecule has 1 aromatic rings. The highest BCUT2D eigenvalue weighted by atomic mass is 32.2. The van der Waals surface area contributed by atoms with Crippen LogP contribution < -0.4 is 10.5 Å². The molecule has 1 fully saturated rings. The number of benzene rings is 1. The van der Waals surface area contributed by atoms with Gasteiger partial charge in [-0.3, -0.25) is 0 Å². The van der Waals surface area contributed by atoms with Crippen LogP contribution in [-0.2, 0) is 15.7 Å². The summed E-state index contributed by atoms with van der Waals surface area (Å²) in [6, 6.07) is 2.21. The van der Waals surface area contributed by atoms with Crippen molar-refractivity contribution in [1.82, 2.24) is 0 Å². The second kappa shape index (κ2) is 5.62. The fourth-order valence-electron chi connectivity index (χ4n) is 1.76. The van der Waals surface area contributed by atoms with Gasteiger partial charge >= 0.3 is 0 Å². The van der Waals surface area contributed by atoms with Gasteiger partial charge in [0.2, 0.25) is 0 Å². The van der Waals surface area contributed by atoms with Crippen molar-refractivity contribution in [1.29, 1.82) is 0 Å². The summed E-state index contributed by atoms with van der Waals surface area (Å²) in [5, 5.41) is 0. The number of halogens is 2. The summed E-state index contributed by atoms with van der Waals surface area (Å²) in [5.74, 6) is -1.48. The molecule has 0 spiro atoms. The highest BCUT2D eigenvalue weighted by Gasteiger charge is 2.19. The third-order valence-corrected chi connectivity index (χ3v) is 3.83. The minimum absolute atomic E-state index is 0.0646. The summed E-state index contributed by atoms with van der Waals surface area (Å²) in [4.78, 5) is 0. The smallest absolute Gasteiger partial charge is 0.173 e. The SMILES string of the molecule is Nc1c(F)ccc(NS(=O)CC2CCCO2)c1F. The zero-order valence-corrected chi connectivity index (χ0v) is 10.4. The van der Waals surface area contributed by atoms with Crippen LogP contribution in [0.2, 0.25) is 0 Å². The minimum Gasteiger partial charge on any atom is -0.394 e. The number of ether oxygens (including phenoxy) is 1. The van der Waals surface area contributed by atoms with E-state index >= 15 is 0 Å². The summed E-state index contributed by atoms with van der Waals surface area (Å²) in [6.45, 7) is 0.666. The van der Waals surface area contributed by atoms with Crippen LogP contribution in [0.15, 0.2) is 12.1 Å². The van der Waals surface area contributed by atoms with E-state index in [0.29, 0.717) is 6.61 Å². The molecule has 1 heterocycles. The van der Waals surface area contributed by atoms with Gasteiger partial charge in [0.05, 0.1) is 17.5 Å². The van der Waals surface area contributed by atoms with E-state index in [9.17, 15) is 13.0 Å². The van der Waals surface area contributed by atoms with Gasteiger partial charge in [-0.2, -0.15) is 0 Å². The van der Waals surface area contributed by atoms with Gasteiger partial charge in [0.1, 0.15) is 22.5 Å². The summed E-state index contributed by atoms with van der Waals surface area (Å²) >= 11 is 0. The second-order valence-corrected chi connectivity index (χ2v) is 5.30. The Kier molecular flexibility index (Phi) is 4.13. The lowest BCUT2D eigenvalue weighted by Gasteiger charge is -2.12. The fraction of sp³-hybridized carbons (Fsp3) is 0.455. The van der Waals surface area contributed by atoms with E-state index in [1.54, 1.807) is 0 Å². The number of rotatable bonds is 4. The molecule has 0 saturated carbocycles. The van der Waals surface area contributed by atoms with E-state index in [0.717, 1.165) is 18.9 Å². The van der Waals surface area contributed by atoms with E-state index in [1.807, 2.05) is 0 Å². The highest BCUT2D eigenvalue weighted by Crippen LogP contribution is 2.23. The van der Waals surface area contributed by atoms with Crippen molar-refractivity contribution in [2.24, 2.45) is 0 Å². The first-order valence-electron chi connectivity index (χ1n) is 5.58. The van der Waals surface area contributed by atoms with E-state index in [1.165, 1.54) is 6.07 Å². The maximum absolute atomic E-state index is 13.5. The van der Waals surface area contributed by atoms with Crippen molar-refractivity contribution >= 4 is 22.4 Å². The number of nitrogen functional groups attached to an aromatic ring is 1. The van der Waals surface area contributed by atoms with Gasteiger partial charge in [-0.15, -0.1) is 0 Å². The quantitative estimate of drug-likeness (QED) is 0.824. The third kappa shape index (κ3) is 2.97. The molecule has 2 rings (SSSR count). The Morgan fingerprint density at radius 2 is 2.28 bits per heavy atom. The molecule has 1 saturated heterocycles. The molecule has 1 aromatic carbocycles. The van der Waals surface area contributed by atoms with E-state index < -0.39 is 28.3 Å². The Labute approximate surface area is 106 Å². The van der Waals surface area contributed by atoms with Crippen LogP contribution in [0.3, 0.4) is 0 Å². The fourth-order valence-corrected chi connectivity index (χ4v) is 2.84. The zero-order valence-electron chi connectivity index (χ0n) is 9.62. The lowest BCUT2D eigenvalue weighted by molar-refractivity contribution is 0.128. The Morgan fingerprint density at radius 1 is 1.50 bits per heavy atom. The molecule has 0 aromatic heterocycles. The molecule has 1 aliphatic rings. The summed E-state index contributed by atoms with van der Waals surface area (Å²) in [5.41, 5.74) is 4.57. The largest absolute Gasteiger partial charge is 0.394 e. The molecule has 7 heteroatoms. The molecule has 18 heavy (non-hydrogen) atoms. The average Bonchev–Trinajstić information content (AvgIpc) is 2.83. The topological polar surface area (TPSA) is 64.3 Å². The maximum Gasteiger partial charge on any atom is 0.173 e. The Morgan fingerprint density at radius 3 is 2.94 bits per heavy atom. The molecular weight excluding hydrogens is 262 g/mol.